The predicted octanol–water partition coefficient (Wildman–Crippen LogP) is 3.37. The summed E-state index contributed by atoms with van der Waals surface area (Å²) in [7, 11) is 0. The molecule has 3 aromatic rings. The molecule has 0 saturated carbocycles. The van der Waals surface area contributed by atoms with E-state index >= 15 is 0 Å². The Morgan fingerprint density at radius 2 is 2.00 bits per heavy atom. The quantitative estimate of drug-likeness (QED) is 0.712. The first kappa shape index (κ1) is 18.6. The molecular formula is C20H23N3O2S2. The molecule has 5 nitrogen and oxygen atoms in total. The minimum Gasteiger partial charge on any atom is -0.388 e. The second-order valence-corrected chi connectivity index (χ2v) is 9.52. The molecular weight excluding hydrogens is 378 g/mol. The summed E-state index contributed by atoms with van der Waals surface area (Å²) in [4.78, 5) is 18.3. The normalized spacial score (nSPS) is 17.3. The topological polar surface area (TPSA) is 58.4 Å². The fourth-order valence-electron chi connectivity index (χ4n) is 3.47. The zero-order valence-corrected chi connectivity index (χ0v) is 16.9. The molecule has 0 aliphatic carbocycles. The minimum absolute atomic E-state index is 0.166. The van der Waals surface area contributed by atoms with Gasteiger partial charge in [0, 0.05) is 35.5 Å². The van der Waals surface area contributed by atoms with Crippen LogP contribution in [0.1, 0.15) is 22.6 Å². The van der Waals surface area contributed by atoms with E-state index in [4.69, 9.17) is 0 Å². The molecule has 0 spiro atoms. The fourth-order valence-corrected chi connectivity index (χ4v) is 5.10. The van der Waals surface area contributed by atoms with Crippen molar-refractivity contribution in [2.45, 2.75) is 38.5 Å². The number of aliphatic hydroxyl groups is 1. The second-order valence-electron chi connectivity index (χ2n) is 7.20. The van der Waals surface area contributed by atoms with E-state index in [-0.39, 0.29) is 12.1 Å². The van der Waals surface area contributed by atoms with Crippen molar-refractivity contribution in [2.24, 2.45) is 0 Å². The number of likely N-dealkylation sites (tertiary alicyclic amines) is 1. The van der Waals surface area contributed by atoms with Gasteiger partial charge in [0.25, 0.3) is 5.56 Å². The Balaban J connectivity index is 1.42. The van der Waals surface area contributed by atoms with Crippen LogP contribution in [0.4, 0.5) is 0 Å². The molecule has 142 valence electrons. The third-order valence-electron chi connectivity index (χ3n) is 5.05. The third kappa shape index (κ3) is 4.38. The number of aryl methyl sites for hydroxylation is 1. The number of hydrogen-bond acceptors (Lipinski definition) is 6. The third-order valence-corrected chi connectivity index (χ3v) is 6.92. The van der Waals surface area contributed by atoms with Crippen molar-refractivity contribution in [1.82, 2.24) is 14.7 Å². The standard InChI is InChI=1S/C20H23N3O2S2/c1-15-4-5-16(27-15)13-22-10-8-20(25,9-11-22)14-23-19(24)7-6-17(21-23)18-3-2-12-26-18/h2-7,12,25H,8-11,13-14H2,1H3. The van der Waals surface area contributed by atoms with Crippen LogP contribution in [0.15, 0.2) is 46.6 Å². The Kier molecular flexibility index (Phi) is 5.27. The van der Waals surface area contributed by atoms with Gasteiger partial charge in [-0.2, -0.15) is 5.10 Å². The minimum atomic E-state index is -0.882. The highest BCUT2D eigenvalue weighted by Crippen LogP contribution is 2.27. The first-order valence-electron chi connectivity index (χ1n) is 9.13. The van der Waals surface area contributed by atoms with E-state index in [0.29, 0.717) is 12.8 Å². The molecule has 3 aromatic heterocycles. The van der Waals surface area contributed by atoms with Gasteiger partial charge in [0.2, 0.25) is 0 Å². The summed E-state index contributed by atoms with van der Waals surface area (Å²) in [6.45, 7) is 4.95. The first-order chi connectivity index (χ1) is 13.0. The molecule has 1 saturated heterocycles. The predicted molar refractivity (Wildman–Crippen MR) is 110 cm³/mol. The number of rotatable bonds is 5. The second kappa shape index (κ2) is 7.67. The van der Waals surface area contributed by atoms with E-state index in [1.165, 1.54) is 14.4 Å². The summed E-state index contributed by atoms with van der Waals surface area (Å²) in [6.07, 6.45) is 1.30. The van der Waals surface area contributed by atoms with Crippen molar-refractivity contribution in [2.75, 3.05) is 13.1 Å². The van der Waals surface area contributed by atoms with E-state index in [2.05, 4.69) is 29.1 Å². The van der Waals surface area contributed by atoms with Gasteiger partial charge in [0.05, 0.1) is 17.0 Å². The Morgan fingerprint density at radius 3 is 2.67 bits per heavy atom. The van der Waals surface area contributed by atoms with Crippen LogP contribution in [0.25, 0.3) is 10.6 Å². The number of aromatic nitrogens is 2. The number of thiophene rings is 2. The van der Waals surface area contributed by atoms with Crippen LogP contribution >= 0.6 is 22.7 Å². The molecule has 0 aromatic carbocycles. The van der Waals surface area contributed by atoms with E-state index in [1.54, 1.807) is 23.5 Å². The van der Waals surface area contributed by atoms with Gasteiger partial charge < -0.3 is 5.11 Å². The molecule has 7 heteroatoms. The van der Waals surface area contributed by atoms with E-state index in [1.807, 2.05) is 28.8 Å². The molecule has 0 amide bonds. The number of piperidine rings is 1. The zero-order chi connectivity index (χ0) is 18.9. The Hall–Kier alpha value is -1.80. The maximum absolute atomic E-state index is 12.2. The van der Waals surface area contributed by atoms with E-state index < -0.39 is 5.60 Å². The highest BCUT2D eigenvalue weighted by Gasteiger charge is 2.33. The molecule has 1 aliphatic heterocycles. The van der Waals surface area contributed by atoms with Gasteiger partial charge in [-0.1, -0.05) is 6.07 Å². The van der Waals surface area contributed by atoms with Crippen LogP contribution in [0, 0.1) is 6.92 Å². The molecule has 4 heterocycles. The summed E-state index contributed by atoms with van der Waals surface area (Å²) in [5.74, 6) is 0. The summed E-state index contributed by atoms with van der Waals surface area (Å²) in [6, 6.07) is 11.6. The molecule has 4 rings (SSSR count). The van der Waals surface area contributed by atoms with Crippen molar-refractivity contribution in [3.63, 3.8) is 0 Å². The van der Waals surface area contributed by atoms with Crippen LogP contribution in [0.5, 0.6) is 0 Å². The van der Waals surface area contributed by atoms with Gasteiger partial charge in [0.1, 0.15) is 5.69 Å². The van der Waals surface area contributed by atoms with Gasteiger partial charge >= 0.3 is 0 Å². The lowest BCUT2D eigenvalue weighted by atomic mass is 9.91. The molecule has 0 atom stereocenters. The van der Waals surface area contributed by atoms with Crippen LogP contribution in [-0.4, -0.2) is 38.5 Å². The SMILES string of the molecule is Cc1ccc(CN2CCC(O)(Cn3nc(-c4cccs4)ccc3=O)CC2)s1. The lowest BCUT2D eigenvalue weighted by Crippen LogP contribution is -2.48. The lowest BCUT2D eigenvalue weighted by Gasteiger charge is -2.38. The largest absolute Gasteiger partial charge is 0.388 e. The van der Waals surface area contributed by atoms with Crippen molar-refractivity contribution >= 4 is 22.7 Å². The Morgan fingerprint density at radius 1 is 1.19 bits per heavy atom. The molecule has 0 radical (unpaired) electrons. The summed E-state index contributed by atoms with van der Waals surface area (Å²) < 4.78 is 1.42. The van der Waals surface area contributed by atoms with Gasteiger partial charge in [-0.15, -0.1) is 22.7 Å². The Labute approximate surface area is 166 Å². The average molecular weight is 402 g/mol. The molecule has 1 aliphatic rings. The van der Waals surface area contributed by atoms with Crippen molar-refractivity contribution in [3.8, 4) is 10.6 Å². The summed E-state index contributed by atoms with van der Waals surface area (Å²) in [5, 5.41) is 17.5. The van der Waals surface area contributed by atoms with E-state index in [9.17, 15) is 9.90 Å². The molecule has 1 fully saturated rings. The average Bonchev–Trinajstić information content (AvgIpc) is 3.31. The van der Waals surface area contributed by atoms with E-state index in [0.717, 1.165) is 30.2 Å². The number of hydrogen-bond donors (Lipinski definition) is 1. The van der Waals surface area contributed by atoms with Crippen molar-refractivity contribution in [3.05, 3.63) is 61.9 Å². The van der Waals surface area contributed by atoms with Gasteiger partial charge in [-0.25, -0.2) is 4.68 Å². The van der Waals surface area contributed by atoms with Crippen LogP contribution in [0.2, 0.25) is 0 Å². The van der Waals surface area contributed by atoms with Crippen molar-refractivity contribution < 1.29 is 5.11 Å². The van der Waals surface area contributed by atoms with Crippen molar-refractivity contribution in [1.29, 1.82) is 0 Å². The van der Waals surface area contributed by atoms with Crippen LogP contribution < -0.4 is 5.56 Å². The smallest absolute Gasteiger partial charge is 0.266 e. The lowest BCUT2D eigenvalue weighted by molar-refractivity contribution is -0.0387. The Bertz CT molecular complexity index is 954. The van der Waals surface area contributed by atoms with Gasteiger partial charge in [-0.3, -0.25) is 9.69 Å². The molecule has 27 heavy (non-hydrogen) atoms. The zero-order valence-electron chi connectivity index (χ0n) is 15.3. The van der Waals surface area contributed by atoms with Gasteiger partial charge in [-0.05, 0) is 49.4 Å². The first-order valence-corrected chi connectivity index (χ1v) is 10.8. The fraction of sp³-hybridized carbons (Fsp3) is 0.400. The maximum Gasteiger partial charge on any atom is 0.266 e. The monoisotopic (exact) mass is 401 g/mol. The molecule has 0 unspecified atom stereocenters. The highest BCUT2D eigenvalue weighted by molar-refractivity contribution is 7.13. The maximum atomic E-state index is 12.2. The van der Waals surface area contributed by atoms with Gasteiger partial charge in [0.15, 0.2) is 0 Å². The van der Waals surface area contributed by atoms with Crippen LogP contribution in [-0.2, 0) is 13.1 Å². The summed E-state index contributed by atoms with van der Waals surface area (Å²) in [5.41, 5.74) is -0.272. The molecule has 1 N–H and O–H groups in total. The number of nitrogens with zero attached hydrogens (tertiary/aromatic N) is 3. The molecule has 0 bridgehead atoms. The highest BCUT2D eigenvalue weighted by atomic mass is 32.1. The summed E-state index contributed by atoms with van der Waals surface area (Å²) >= 11 is 3.42. The van der Waals surface area contributed by atoms with Crippen LogP contribution in [0.3, 0.4) is 0 Å².